The Morgan fingerprint density at radius 3 is 3.00 bits per heavy atom. The summed E-state index contributed by atoms with van der Waals surface area (Å²) in [4.78, 5) is 11.5. The fraction of sp³-hybridized carbons (Fsp3) is 0.250. The fourth-order valence-electron chi connectivity index (χ4n) is 1.19. The van der Waals surface area contributed by atoms with E-state index in [2.05, 4.69) is 16.6 Å². The van der Waals surface area contributed by atoms with Crippen LogP contribution in [0.1, 0.15) is 5.56 Å². The molecule has 1 aromatic rings. The number of anilines is 1. The lowest BCUT2D eigenvalue weighted by Crippen LogP contribution is -2.28. The zero-order chi connectivity index (χ0) is 12.0. The SMILES string of the molecule is C#CCNCC(=O)Nc1cccc(Cl)c1C. The Kier molecular flexibility index (Phi) is 4.84. The summed E-state index contributed by atoms with van der Waals surface area (Å²) in [6.45, 7) is 2.42. The van der Waals surface area contributed by atoms with Crippen LogP contribution in [0, 0.1) is 19.3 Å². The second kappa shape index (κ2) is 6.16. The van der Waals surface area contributed by atoms with Crippen molar-refractivity contribution in [2.45, 2.75) is 6.92 Å². The van der Waals surface area contributed by atoms with Gasteiger partial charge in [-0.1, -0.05) is 23.6 Å². The Balaban J connectivity index is 2.57. The van der Waals surface area contributed by atoms with E-state index in [1.807, 2.05) is 6.92 Å². The van der Waals surface area contributed by atoms with E-state index in [-0.39, 0.29) is 12.5 Å². The minimum absolute atomic E-state index is 0.138. The molecule has 0 atom stereocenters. The topological polar surface area (TPSA) is 41.1 Å². The van der Waals surface area contributed by atoms with Gasteiger partial charge >= 0.3 is 0 Å². The molecule has 3 nitrogen and oxygen atoms in total. The molecule has 0 aliphatic carbocycles. The molecule has 0 bridgehead atoms. The van der Waals surface area contributed by atoms with Gasteiger partial charge in [0.05, 0.1) is 13.1 Å². The first-order chi connectivity index (χ1) is 7.65. The molecule has 0 unspecified atom stereocenters. The van der Waals surface area contributed by atoms with Crippen molar-refractivity contribution in [3.05, 3.63) is 28.8 Å². The number of hydrogen-bond acceptors (Lipinski definition) is 2. The summed E-state index contributed by atoms with van der Waals surface area (Å²) in [6, 6.07) is 5.38. The second-order valence-corrected chi connectivity index (χ2v) is 3.68. The Morgan fingerprint density at radius 2 is 2.31 bits per heavy atom. The lowest BCUT2D eigenvalue weighted by molar-refractivity contribution is -0.115. The number of hydrogen-bond donors (Lipinski definition) is 2. The fourth-order valence-corrected chi connectivity index (χ4v) is 1.36. The lowest BCUT2D eigenvalue weighted by atomic mass is 10.2. The van der Waals surface area contributed by atoms with Gasteiger partial charge in [-0.05, 0) is 24.6 Å². The molecule has 4 heteroatoms. The molecule has 0 heterocycles. The minimum Gasteiger partial charge on any atom is -0.325 e. The molecule has 0 aromatic heterocycles. The van der Waals surface area contributed by atoms with Crippen molar-refractivity contribution in [1.82, 2.24) is 5.32 Å². The average molecular weight is 237 g/mol. The van der Waals surface area contributed by atoms with Gasteiger partial charge in [-0.25, -0.2) is 0 Å². The van der Waals surface area contributed by atoms with Gasteiger partial charge in [-0.15, -0.1) is 6.42 Å². The third kappa shape index (κ3) is 3.58. The molecule has 0 radical (unpaired) electrons. The quantitative estimate of drug-likeness (QED) is 0.619. The highest BCUT2D eigenvalue weighted by Crippen LogP contribution is 2.22. The normalized spacial score (nSPS) is 9.56. The highest BCUT2D eigenvalue weighted by molar-refractivity contribution is 6.31. The number of rotatable bonds is 4. The van der Waals surface area contributed by atoms with Crippen LogP contribution in [0.5, 0.6) is 0 Å². The molecule has 0 spiro atoms. The van der Waals surface area contributed by atoms with Crippen LogP contribution in [0.25, 0.3) is 0 Å². The summed E-state index contributed by atoms with van der Waals surface area (Å²) < 4.78 is 0. The van der Waals surface area contributed by atoms with Gasteiger partial charge < -0.3 is 5.32 Å². The Hall–Kier alpha value is -1.50. The van der Waals surface area contributed by atoms with Crippen LogP contribution in [0.15, 0.2) is 18.2 Å². The van der Waals surface area contributed by atoms with E-state index >= 15 is 0 Å². The first-order valence-corrected chi connectivity index (χ1v) is 5.22. The van der Waals surface area contributed by atoms with Crippen molar-refractivity contribution in [3.63, 3.8) is 0 Å². The van der Waals surface area contributed by atoms with Crippen molar-refractivity contribution in [2.24, 2.45) is 0 Å². The van der Waals surface area contributed by atoms with Crippen LogP contribution in [0.3, 0.4) is 0 Å². The maximum atomic E-state index is 11.5. The second-order valence-electron chi connectivity index (χ2n) is 3.27. The van der Waals surface area contributed by atoms with E-state index in [9.17, 15) is 4.79 Å². The molecule has 16 heavy (non-hydrogen) atoms. The predicted octanol–water partition coefficient (Wildman–Crippen LogP) is 1.81. The molecule has 1 amide bonds. The molecule has 1 rings (SSSR count). The predicted molar refractivity (Wildman–Crippen MR) is 66.5 cm³/mol. The molecule has 84 valence electrons. The summed E-state index contributed by atoms with van der Waals surface area (Å²) in [6.07, 6.45) is 5.05. The van der Waals surface area contributed by atoms with Crippen LogP contribution in [0.2, 0.25) is 5.02 Å². The lowest BCUT2D eigenvalue weighted by Gasteiger charge is -2.09. The smallest absolute Gasteiger partial charge is 0.238 e. The Bertz CT molecular complexity index is 424. The maximum Gasteiger partial charge on any atom is 0.238 e. The summed E-state index contributed by atoms with van der Waals surface area (Å²) in [5.41, 5.74) is 1.58. The number of terminal acetylenes is 1. The molecule has 0 aliphatic rings. The Labute approximate surface area is 100 Å². The zero-order valence-electron chi connectivity index (χ0n) is 9.01. The van der Waals surface area contributed by atoms with Gasteiger partial charge in [0.25, 0.3) is 0 Å². The van der Waals surface area contributed by atoms with Crippen LogP contribution < -0.4 is 10.6 Å². The molecule has 0 saturated carbocycles. The molecule has 0 fully saturated rings. The van der Waals surface area contributed by atoms with Gasteiger partial charge in [0.15, 0.2) is 0 Å². The van der Waals surface area contributed by atoms with Gasteiger partial charge in [-0.3, -0.25) is 10.1 Å². The van der Waals surface area contributed by atoms with Gasteiger partial charge in [0.1, 0.15) is 0 Å². The third-order valence-electron chi connectivity index (χ3n) is 2.05. The van der Waals surface area contributed by atoms with E-state index in [1.54, 1.807) is 18.2 Å². The summed E-state index contributed by atoms with van der Waals surface area (Å²) >= 11 is 5.93. The molecule has 1 aromatic carbocycles. The van der Waals surface area contributed by atoms with Gasteiger partial charge in [0, 0.05) is 10.7 Å². The summed E-state index contributed by atoms with van der Waals surface area (Å²) in [7, 11) is 0. The highest BCUT2D eigenvalue weighted by Gasteiger charge is 2.05. The average Bonchev–Trinajstić information content (AvgIpc) is 2.25. The van der Waals surface area contributed by atoms with Gasteiger partial charge in [-0.2, -0.15) is 0 Å². The largest absolute Gasteiger partial charge is 0.325 e. The zero-order valence-corrected chi connectivity index (χ0v) is 9.77. The number of amides is 1. The number of carbonyl (C=O) groups is 1. The monoisotopic (exact) mass is 236 g/mol. The van der Waals surface area contributed by atoms with E-state index in [4.69, 9.17) is 18.0 Å². The van der Waals surface area contributed by atoms with Crippen LogP contribution in [-0.4, -0.2) is 19.0 Å². The van der Waals surface area contributed by atoms with Crippen molar-refractivity contribution < 1.29 is 4.79 Å². The van der Waals surface area contributed by atoms with Crippen molar-refractivity contribution in [1.29, 1.82) is 0 Å². The molecular formula is C12H13ClN2O. The number of benzene rings is 1. The first kappa shape index (κ1) is 12.6. The molecule has 0 aliphatic heterocycles. The maximum absolute atomic E-state index is 11.5. The number of halogens is 1. The minimum atomic E-state index is -0.138. The van der Waals surface area contributed by atoms with E-state index in [0.717, 1.165) is 11.3 Å². The van der Waals surface area contributed by atoms with E-state index in [0.29, 0.717) is 11.6 Å². The standard InChI is InChI=1S/C12H13ClN2O/c1-3-7-14-8-12(16)15-11-6-4-5-10(13)9(11)2/h1,4-6,14H,7-8H2,2H3,(H,15,16). The number of nitrogens with one attached hydrogen (secondary N) is 2. The summed E-state index contributed by atoms with van der Waals surface area (Å²) in [5.74, 6) is 2.26. The van der Waals surface area contributed by atoms with Crippen molar-refractivity contribution in [2.75, 3.05) is 18.4 Å². The van der Waals surface area contributed by atoms with Crippen LogP contribution in [-0.2, 0) is 4.79 Å². The molecule has 0 saturated heterocycles. The highest BCUT2D eigenvalue weighted by atomic mass is 35.5. The van der Waals surface area contributed by atoms with Crippen molar-refractivity contribution >= 4 is 23.2 Å². The van der Waals surface area contributed by atoms with E-state index in [1.165, 1.54) is 0 Å². The van der Waals surface area contributed by atoms with Crippen molar-refractivity contribution in [3.8, 4) is 12.3 Å². The molecular weight excluding hydrogens is 224 g/mol. The number of carbonyl (C=O) groups excluding carboxylic acids is 1. The summed E-state index contributed by atoms with van der Waals surface area (Å²) in [5, 5.41) is 6.20. The third-order valence-corrected chi connectivity index (χ3v) is 2.46. The van der Waals surface area contributed by atoms with Gasteiger partial charge in [0.2, 0.25) is 5.91 Å². The molecule has 2 N–H and O–H groups in total. The van der Waals surface area contributed by atoms with Crippen LogP contribution in [0.4, 0.5) is 5.69 Å². The first-order valence-electron chi connectivity index (χ1n) is 4.84. The van der Waals surface area contributed by atoms with Crippen LogP contribution >= 0.6 is 11.6 Å². The van der Waals surface area contributed by atoms with E-state index < -0.39 is 0 Å². The Morgan fingerprint density at radius 1 is 1.56 bits per heavy atom.